The number of amides is 2. The van der Waals surface area contributed by atoms with Gasteiger partial charge in [-0.1, -0.05) is 18.2 Å². The number of rotatable bonds is 6. The number of benzene rings is 1. The van der Waals surface area contributed by atoms with E-state index in [0.717, 1.165) is 41.4 Å². The number of ether oxygens (including phenoxy) is 1. The zero-order valence-electron chi connectivity index (χ0n) is 15.5. The van der Waals surface area contributed by atoms with Gasteiger partial charge in [0, 0.05) is 17.1 Å². The van der Waals surface area contributed by atoms with Crippen LogP contribution in [0.15, 0.2) is 24.3 Å². The molecule has 0 aliphatic heterocycles. The Morgan fingerprint density at radius 3 is 2.70 bits per heavy atom. The Kier molecular flexibility index (Phi) is 5.69. The number of nitrogens with zero attached hydrogens (tertiary/aromatic N) is 1. The molecular weight excluding hydrogens is 346 g/mol. The number of para-hydroxylation sites is 1. The summed E-state index contributed by atoms with van der Waals surface area (Å²) in [6.07, 6.45) is 2.56. The van der Waals surface area contributed by atoms with Crippen LogP contribution >= 0.6 is 0 Å². The number of carbonyl (C=O) groups excluding carboxylic acids is 3. The van der Waals surface area contributed by atoms with Gasteiger partial charge in [-0.25, -0.2) is 4.79 Å². The van der Waals surface area contributed by atoms with Gasteiger partial charge in [-0.05, 0) is 44.7 Å². The Morgan fingerprint density at radius 2 is 1.93 bits per heavy atom. The first kappa shape index (κ1) is 18.8. The first-order valence-corrected chi connectivity index (χ1v) is 9.09. The quantitative estimate of drug-likeness (QED) is 0.753. The fraction of sp³-hybridized carbons (Fsp3) is 0.400. The van der Waals surface area contributed by atoms with Gasteiger partial charge in [0.25, 0.3) is 5.91 Å². The van der Waals surface area contributed by atoms with Crippen LogP contribution in [-0.2, 0) is 27.2 Å². The van der Waals surface area contributed by atoms with Crippen LogP contribution < -0.4 is 10.6 Å². The zero-order valence-corrected chi connectivity index (χ0v) is 15.5. The summed E-state index contributed by atoms with van der Waals surface area (Å²) in [6.45, 7) is 3.08. The summed E-state index contributed by atoms with van der Waals surface area (Å²) in [5.74, 6) is -1.34. The van der Waals surface area contributed by atoms with Crippen molar-refractivity contribution in [1.82, 2.24) is 15.6 Å². The van der Waals surface area contributed by atoms with E-state index in [-0.39, 0.29) is 18.5 Å². The molecule has 0 spiro atoms. The van der Waals surface area contributed by atoms with Gasteiger partial charge < -0.3 is 15.4 Å². The fourth-order valence-electron chi connectivity index (χ4n) is 3.25. The molecule has 0 atom stereocenters. The lowest BCUT2D eigenvalue weighted by molar-refractivity contribution is -0.128. The van der Waals surface area contributed by atoms with Gasteiger partial charge in [0.05, 0.1) is 17.6 Å². The standard InChI is InChI=1S/C20H23N3O4/c1-12(2)22-17(24)10-21-18(25)11-27-20(26)19-13-6-3-4-8-15(13)23-16-9-5-7-14(16)19/h3-4,6,8,12H,5,7,9-11H2,1-2H3,(H,21,25)(H,22,24). The van der Waals surface area contributed by atoms with Gasteiger partial charge in [0.2, 0.25) is 5.91 Å². The van der Waals surface area contributed by atoms with Crippen molar-refractivity contribution in [2.24, 2.45) is 0 Å². The smallest absolute Gasteiger partial charge is 0.339 e. The van der Waals surface area contributed by atoms with Crippen molar-refractivity contribution >= 4 is 28.7 Å². The monoisotopic (exact) mass is 369 g/mol. The van der Waals surface area contributed by atoms with Crippen LogP contribution in [0.25, 0.3) is 10.9 Å². The van der Waals surface area contributed by atoms with E-state index >= 15 is 0 Å². The molecule has 1 aromatic carbocycles. The SMILES string of the molecule is CC(C)NC(=O)CNC(=O)COC(=O)c1c2c(nc3ccccc13)CCC2. The molecule has 0 bridgehead atoms. The molecule has 1 heterocycles. The summed E-state index contributed by atoms with van der Waals surface area (Å²) >= 11 is 0. The van der Waals surface area contributed by atoms with E-state index in [1.165, 1.54) is 0 Å². The summed E-state index contributed by atoms with van der Waals surface area (Å²) in [5, 5.41) is 5.85. The van der Waals surface area contributed by atoms with E-state index in [0.29, 0.717) is 5.56 Å². The minimum absolute atomic E-state index is 0.00528. The number of nitrogens with one attached hydrogen (secondary N) is 2. The molecule has 1 aliphatic rings. The Hall–Kier alpha value is -2.96. The van der Waals surface area contributed by atoms with Crippen LogP contribution in [0.4, 0.5) is 0 Å². The third kappa shape index (κ3) is 4.42. The Morgan fingerprint density at radius 1 is 1.15 bits per heavy atom. The summed E-state index contributed by atoms with van der Waals surface area (Å²) in [7, 11) is 0. The Labute approximate surface area is 157 Å². The fourth-order valence-corrected chi connectivity index (χ4v) is 3.25. The molecule has 3 rings (SSSR count). The summed E-state index contributed by atoms with van der Waals surface area (Å²) < 4.78 is 5.23. The van der Waals surface area contributed by atoms with E-state index in [1.807, 2.05) is 38.1 Å². The number of esters is 1. The molecule has 0 unspecified atom stereocenters. The molecule has 0 radical (unpaired) electrons. The molecular formula is C20H23N3O4. The van der Waals surface area contributed by atoms with E-state index in [2.05, 4.69) is 15.6 Å². The molecule has 1 aromatic heterocycles. The van der Waals surface area contributed by atoms with Crippen LogP contribution in [-0.4, -0.2) is 42.0 Å². The van der Waals surface area contributed by atoms with Crippen molar-refractivity contribution in [2.45, 2.75) is 39.2 Å². The molecule has 0 saturated heterocycles. The van der Waals surface area contributed by atoms with Gasteiger partial charge in [0.15, 0.2) is 6.61 Å². The molecule has 2 N–H and O–H groups in total. The minimum Gasteiger partial charge on any atom is -0.452 e. The lowest BCUT2D eigenvalue weighted by Crippen LogP contribution is -2.41. The normalized spacial score (nSPS) is 12.7. The topological polar surface area (TPSA) is 97.4 Å². The summed E-state index contributed by atoms with van der Waals surface area (Å²) in [4.78, 5) is 40.8. The minimum atomic E-state index is -0.534. The lowest BCUT2D eigenvalue weighted by atomic mass is 10.0. The lowest BCUT2D eigenvalue weighted by Gasteiger charge is -2.12. The van der Waals surface area contributed by atoms with Crippen molar-refractivity contribution in [1.29, 1.82) is 0 Å². The Balaban J connectivity index is 1.67. The van der Waals surface area contributed by atoms with Gasteiger partial charge >= 0.3 is 5.97 Å². The van der Waals surface area contributed by atoms with Crippen LogP contribution in [0.3, 0.4) is 0 Å². The highest BCUT2D eigenvalue weighted by Gasteiger charge is 2.25. The highest BCUT2D eigenvalue weighted by atomic mass is 16.5. The summed E-state index contributed by atoms with van der Waals surface area (Å²) in [5.41, 5.74) is 3.09. The third-order valence-corrected chi connectivity index (χ3v) is 4.35. The second-order valence-corrected chi connectivity index (χ2v) is 6.86. The first-order chi connectivity index (χ1) is 13.0. The molecule has 1 aliphatic carbocycles. The summed E-state index contributed by atoms with van der Waals surface area (Å²) in [6, 6.07) is 7.43. The predicted octanol–water partition coefficient (Wildman–Crippen LogP) is 1.52. The molecule has 2 amide bonds. The van der Waals surface area contributed by atoms with E-state index in [4.69, 9.17) is 4.74 Å². The number of carbonyl (C=O) groups is 3. The van der Waals surface area contributed by atoms with E-state index in [1.54, 1.807) is 0 Å². The number of pyridine rings is 1. The number of fused-ring (bicyclic) bond motifs is 2. The van der Waals surface area contributed by atoms with Crippen LogP contribution in [0.5, 0.6) is 0 Å². The van der Waals surface area contributed by atoms with Crippen molar-refractivity contribution in [3.8, 4) is 0 Å². The second-order valence-electron chi connectivity index (χ2n) is 6.86. The zero-order chi connectivity index (χ0) is 19.4. The average molecular weight is 369 g/mol. The van der Waals surface area contributed by atoms with E-state index < -0.39 is 18.5 Å². The van der Waals surface area contributed by atoms with Crippen LogP contribution in [0, 0.1) is 0 Å². The third-order valence-electron chi connectivity index (χ3n) is 4.35. The van der Waals surface area contributed by atoms with Crippen molar-refractivity contribution in [3.63, 3.8) is 0 Å². The van der Waals surface area contributed by atoms with Gasteiger partial charge in [-0.3, -0.25) is 14.6 Å². The molecule has 27 heavy (non-hydrogen) atoms. The molecule has 7 nitrogen and oxygen atoms in total. The number of aryl methyl sites for hydroxylation is 1. The second kappa shape index (κ2) is 8.16. The molecule has 142 valence electrons. The number of hydrogen-bond acceptors (Lipinski definition) is 5. The largest absolute Gasteiger partial charge is 0.452 e. The van der Waals surface area contributed by atoms with Crippen molar-refractivity contribution in [2.75, 3.05) is 13.2 Å². The maximum absolute atomic E-state index is 12.7. The van der Waals surface area contributed by atoms with Crippen LogP contribution in [0.2, 0.25) is 0 Å². The van der Waals surface area contributed by atoms with E-state index in [9.17, 15) is 14.4 Å². The number of aromatic nitrogens is 1. The average Bonchev–Trinajstić information content (AvgIpc) is 3.09. The Bertz CT molecular complexity index is 892. The maximum Gasteiger partial charge on any atom is 0.339 e. The molecule has 7 heteroatoms. The molecule has 0 saturated carbocycles. The molecule has 0 fully saturated rings. The highest BCUT2D eigenvalue weighted by molar-refractivity contribution is 6.05. The highest BCUT2D eigenvalue weighted by Crippen LogP contribution is 2.30. The van der Waals surface area contributed by atoms with Crippen molar-refractivity contribution < 1.29 is 19.1 Å². The maximum atomic E-state index is 12.7. The molecule has 2 aromatic rings. The predicted molar refractivity (Wildman–Crippen MR) is 100 cm³/mol. The van der Waals surface area contributed by atoms with Crippen molar-refractivity contribution in [3.05, 3.63) is 41.1 Å². The van der Waals surface area contributed by atoms with Gasteiger partial charge in [0.1, 0.15) is 0 Å². The van der Waals surface area contributed by atoms with Gasteiger partial charge in [-0.2, -0.15) is 0 Å². The first-order valence-electron chi connectivity index (χ1n) is 9.09. The number of hydrogen-bond donors (Lipinski definition) is 2. The van der Waals surface area contributed by atoms with Gasteiger partial charge in [-0.15, -0.1) is 0 Å². The van der Waals surface area contributed by atoms with Crippen LogP contribution in [0.1, 0.15) is 41.9 Å².